The van der Waals surface area contributed by atoms with Crippen molar-refractivity contribution in [2.75, 3.05) is 0 Å². The lowest BCUT2D eigenvalue weighted by Gasteiger charge is -1.97. The maximum Gasteiger partial charge on any atom is 0.271 e. The summed E-state index contributed by atoms with van der Waals surface area (Å²) in [5, 5.41) is 1.22. The average Bonchev–Trinajstić information content (AvgIpc) is 3.11. The van der Waals surface area contributed by atoms with Crippen LogP contribution in [0.25, 0.3) is 33.6 Å². The third-order valence-electron chi connectivity index (χ3n) is 4.64. The predicted octanol–water partition coefficient (Wildman–Crippen LogP) is 2.38. The second kappa shape index (κ2) is 3.52. The Balaban J connectivity index is 2.02. The summed E-state index contributed by atoms with van der Waals surface area (Å²) in [7, 11) is 4.26. The Hall–Kier alpha value is -2.62. The van der Waals surface area contributed by atoms with Crippen LogP contribution in [0, 0.1) is 0 Å². The molecule has 0 spiro atoms. The molecular weight excluding hydrogens is 260 g/mol. The number of imidazole rings is 1. The minimum Gasteiger partial charge on any atom is -0.255 e. The summed E-state index contributed by atoms with van der Waals surface area (Å²) in [5.74, 6) is 1.29. The van der Waals surface area contributed by atoms with Crippen LogP contribution >= 0.6 is 0 Å². The van der Waals surface area contributed by atoms with E-state index < -0.39 is 0 Å². The smallest absolute Gasteiger partial charge is 0.255 e. The van der Waals surface area contributed by atoms with Crippen LogP contribution in [0.15, 0.2) is 42.6 Å². The number of benzene rings is 1. The van der Waals surface area contributed by atoms with Crippen LogP contribution < -0.4 is 4.57 Å². The van der Waals surface area contributed by atoms with E-state index in [1.165, 1.54) is 33.5 Å². The van der Waals surface area contributed by atoms with Gasteiger partial charge in [-0.15, -0.1) is 0 Å². The molecule has 4 aromatic rings. The van der Waals surface area contributed by atoms with Gasteiger partial charge in [0.25, 0.3) is 5.65 Å². The van der Waals surface area contributed by atoms with Crippen molar-refractivity contribution in [1.29, 1.82) is 0 Å². The molecule has 1 aliphatic rings. The highest BCUT2D eigenvalue weighted by atomic mass is 15.2. The predicted molar refractivity (Wildman–Crippen MR) is 81.9 cm³/mol. The van der Waals surface area contributed by atoms with Crippen LogP contribution in [-0.4, -0.2) is 14.1 Å². The number of rotatable bonds is 0. The Kier molecular flexibility index (Phi) is 1.86. The molecule has 0 amide bonds. The summed E-state index contributed by atoms with van der Waals surface area (Å²) < 4.78 is 6.92. The summed E-state index contributed by atoms with van der Waals surface area (Å²) in [4.78, 5) is 4.54. The first kappa shape index (κ1) is 11.1. The van der Waals surface area contributed by atoms with Crippen molar-refractivity contribution < 1.29 is 4.57 Å². The number of hydrogen-bond donors (Lipinski definition) is 0. The lowest BCUT2D eigenvalue weighted by atomic mass is 10.1. The third-order valence-corrected chi connectivity index (χ3v) is 4.64. The lowest BCUT2D eigenvalue weighted by Crippen LogP contribution is -2.33. The molecule has 0 N–H and O–H groups in total. The molecule has 4 nitrogen and oxygen atoms in total. The Bertz CT molecular complexity index is 1040. The highest BCUT2D eigenvalue weighted by Crippen LogP contribution is 2.34. The van der Waals surface area contributed by atoms with E-state index in [-0.39, 0.29) is 0 Å². The number of pyridine rings is 1. The molecule has 0 fully saturated rings. The number of fused-ring (bicyclic) bond motifs is 7. The molecule has 4 heterocycles. The molecule has 0 radical (unpaired) electrons. The molecule has 0 saturated heterocycles. The van der Waals surface area contributed by atoms with Crippen molar-refractivity contribution in [1.82, 2.24) is 14.1 Å². The fourth-order valence-corrected chi connectivity index (χ4v) is 3.78. The molecule has 0 atom stereocenters. The molecular formula is C17H15N4+. The van der Waals surface area contributed by atoms with E-state index in [9.17, 15) is 0 Å². The van der Waals surface area contributed by atoms with Crippen LogP contribution in [0.1, 0.15) is 5.56 Å². The number of nitrogens with zero attached hydrogens (tertiary/aromatic N) is 4. The summed E-state index contributed by atoms with van der Waals surface area (Å²) in [6, 6.07) is 12.8. The molecule has 0 unspecified atom stereocenters. The number of hydrogen-bond acceptors (Lipinski definition) is 1. The van der Waals surface area contributed by atoms with E-state index in [0.29, 0.717) is 0 Å². The molecule has 0 saturated carbocycles. The molecule has 1 aliphatic heterocycles. The Morgan fingerprint density at radius 1 is 1.05 bits per heavy atom. The largest absolute Gasteiger partial charge is 0.271 e. The standard InChI is InChI=1S/C17H15N4/c1-19-14-13-8-5-9-18-15(13)20(2)17(14)21-10-11-6-3-4-7-12(11)16(19)21/h3-9H,10H2,1-2H3/q+1. The van der Waals surface area contributed by atoms with Crippen LogP contribution in [0.2, 0.25) is 0 Å². The SMILES string of the molecule is Cn1c2[n+](c3c1c1cccnc1n3C)Cc1ccccc1-2. The molecule has 3 aromatic heterocycles. The normalized spacial score (nSPS) is 13.0. The highest BCUT2D eigenvalue weighted by molar-refractivity contribution is 6.03. The molecule has 5 rings (SSSR count). The van der Waals surface area contributed by atoms with Gasteiger partial charge in [0, 0.05) is 11.8 Å². The van der Waals surface area contributed by atoms with Gasteiger partial charge in [-0.3, -0.25) is 4.57 Å². The van der Waals surface area contributed by atoms with Gasteiger partial charge in [-0.25, -0.2) is 14.1 Å². The van der Waals surface area contributed by atoms with E-state index in [4.69, 9.17) is 0 Å². The van der Waals surface area contributed by atoms with Gasteiger partial charge in [0.2, 0.25) is 11.5 Å². The average molecular weight is 275 g/mol. The first-order valence-corrected chi connectivity index (χ1v) is 7.17. The van der Waals surface area contributed by atoms with Crippen LogP contribution in [0.4, 0.5) is 0 Å². The Morgan fingerprint density at radius 3 is 2.81 bits per heavy atom. The molecule has 0 bridgehead atoms. The van der Waals surface area contributed by atoms with Crippen molar-refractivity contribution in [2.45, 2.75) is 6.54 Å². The highest BCUT2D eigenvalue weighted by Gasteiger charge is 2.34. The first-order chi connectivity index (χ1) is 10.3. The maximum atomic E-state index is 4.54. The number of aromatic nitrogens is 4. The van der Waals surface area contributed by atoms with Crippen LogP contribution in [-0.2, 0) is 20.6 Å². The number of aryl methyl sites for hydroxylation is 2. The molecule has 102 valence electrons. The van der Waals surface area contributed by atoms with Crippen molar-refractivity contribution >= 4 is 22.2 Å². The van der Waals surface area contributed by atoms with Gasteiger partial charge < -0.3 is 0 Å². The zero-order valence-corrected chi connectivity index (χ0v) is 12.0. The monoisotopic (exact) mass is 275 g/mol. The summed E-state index contributed by atoms with van der Waals surface area (Å²) >= 11 is 0. The van der Waals surface area contributed by atoms with Gasteiger partial charge in [-0.05, 0) is 18.2 Å². The Morgan fingerprint density at radius 2 is 1.90 bits per heavy atom. The van der Waals surface area contributed by atoms with Crippen molar-refractivity contribution in [3.63, 3.8) is 0 Å². The minimum atomic E-state index is 0.938. The maximum absolute atomic E-state index is 4.54. The summed E-state index contributed by atoms with van der Waals surface area (Å²) in [6.45, 7) is 0.938. The molecule has 21 heavy (non-hydrogen) atoms. The fraction of sp³-hybridized carbons (Fsp3) is 0.176. The van der Waals surface area contributed by atoms with Gasteiger partial charge in [-0.1, -0.05) is 18.2 Å². The summed E-state index contributed by atoms with van der Waals surface area (Å²) in [6.07, 6.45) is 1.86. The second-order valence-electron chi connectivity index (χ2n) is 5.73. The van der Waals surface area contributed by atoms with Gasteiger partial charge >= 0.3 is 0 Å². The van der Waals surface area contributed by atoms with Gasteiger partial charge in [0.05, 0.1) is 31.6 Å². The van der Waals surface area contributed by atoms with Crippen LogP contribution in [0.3, 0.4) is 0 Å². The lowest BCUT2D eigenvalue weighted by molar-refractivity contribution is -0.648. The van der Waals surface area contributed by atoms with Gasteiger partial charge in [0.1, 0.15) is 0 Å². The van der Waals surface area contributed by atoms with E-state index in [0.717, 1.165) is 12.2 Å². The zero-order valence-electron chi connectivity index (χ0n) is 12.0. The molecule has 1 aromatic carbocycles. The third kappa shape index (κ3) is 1.17. The van der Waals surface area contributed by atoms with E-state index in [2.05, 4.69) is 63.1 Å². The topological polar surface area (TPSA) is 26.6 Å². The van der Waals surface area contributed by atoms with Crippen molar-refractivity contribution in [2.24, 2.45) is 14.1 Å². The molecule has 4 heteroatoms. The minimum absolute atomic E-state index is 0.938. The van der Waals surface area contributed by atoms with E-state index >= 15 is 0 Å². The van der Waals surface area contributed by atoms with Gasteiger partial charge in [-0.2, -0.15) is 0 Å². The van der Waals surface area contributed by atoms with E-state index in [1.54, 1.807) is 0 Å². The second-order valence-corrected chi connectivity index (χ2v) is 5.73. The summed E-state index contributed by atoms with van der Waals surface area (Å²) in [5.41, 5.74) is 6.29. The van der Waals surface area contributed by atoms with Crippen LogP contribution in [0.5, 0.6) is 0 Å². The first-order valence-electron chi connectivity index (χ1n) is 7.17. The quantitative estimate of drug-likeness (QED) is 0.399. The Labute approximate surface area is 121 Å². The molecule has 0 aliphatic carbocycles. The van der Waals surface area contributed by atoms with Gasteiger partial charge in [0.15, 0.2) is 5.52 Å². The van der Waals surface area contributed by atoms with Crippen molar-refractivity contribution in [3.8, 4) is 11.4 Å². The zero-order chi connectivity index (χ0) is 14.1. The van der Waals surface area contributed by atoms with Crippen molar-refractivity contribution in [3.05, 3.63) is 48.2 Å². The fourth-order valence-electron chi connectivity index (χ4n) is 3.78. The van der Waals surface area contributed by atoms with E-state index in [1.807, 2.05) is 12.3 Å².